The van der Waals surface area contributed by atoms with E-state index in [0.29, 0.717) is 24.3 Å². The van der Waals surface area contributed by atoms with Crippen LogP contribution in [0.25, 0.3) is 0 Å². The van der Waals surface area contributed by atoms with E-state index in [9.17, 15) is 9.90 Å². The molecule has 0 saturated heterocycles. The van der Waals surface area contributed by atoms with Gasteiger partial charge in [-0.05, 0) is 32.4 Å². The number of carbonyl (C=O) groups excluding carboxylic acids is 1. The van der Waals surface area contributed by atoms with Crippen molar-refractivity contribution in [1.82, 2.24) is 4.90 Å². The van der Waals surface area contributed by atoms with E-state index in [1.807, 2.05) is 13.8 Å². The lowest BCUT2D eigenvalue weighted by Crippen LogP contribution is -2.30. The quantitative estimate of drug-likeness (QED) is 0.872. The molecule has 0 saturated carbocycles. The largest absolute Gasteiger partial charge is 0.507 e. The molecule has 0 aromatic heterocycles. The van der Waals surface area contributed by atoms with E-state index in [2.05, 4.69) is 0 Å². The van der Waals surface area contributed by atoms with Gasteiger partial charge >= 0.3 is 0 Å². The summed E-state index contributed by atoms with van der Waals surface area (Å²) in [7, 11) is 1.70. The standard InChI is InChI=1S/C14H21NO3/c1-10(2)18-9-8-15(4)14(17)12-7-5-6-11(3)13(12)16/h5-7,10,16H,8-9H2,1-4H3. The molecule has 1 aromatic rings. The molecule has 1 amide bonds. The summed E-state index contributed by atoms with van der Waals surface area (Å²) in [5.74, 6) is -0.136. The first-order chi connectivity index (χ1) is 8.43. The molecule has 0 aliphatic carbocycles. The van der Waals surface area contributed by atoms with Crippen LogP contribution in [-0.4, -0.2) is 42.2 Å². The van der Waals surface area contributed by atoms with E-state index in [1.54, 1.807) is 37.1 Å². The van der Waals surface area contributed by atoms with Crippen LogP contribution >= 0.6 is 0 Å². The maximum Gasteiger partial charge on any atom is 0.257 e. The Morgan fingerprint density at radius 3 is 2.72 bits per heavy atom. The van der Waals surface area contributed by atoms with E-state index in [0.717, 1.165) is 0 Å². The number of nitrogens with zero attached hydrogens (tertiary/aromatic N) is 1. The second-order valence-corrected chi connectivity index (χ2v) is 4.62. The number of amides is 1. The normalized spacial score (nSPS) is 10.7. The predicted molar refractivity (Wildman–Crippen MR) is 70.9 cm³/mol. The summed E-state index contributed by atoms with van der Waals surface area (Å²) in [6, 6.07) is 5.17. The number of aromatic hydroxyl groups is 1. The molecule has 0 atom stereocenters. The van der Waals surface area contributed by atoms with Crippen molar-refractivity contribution in [1.29, 1.82) is 0 Å². The summed E-state index contributed by atoms with van der Waals surface area (Å²) in [6.45, 7) is 6.67. The molecule has 1 aromatic carbocycles. The van der Waals surface area contributed by atoms with Gasteiger partial charge in [0.05, 0.1) is 18.3 Å². The lowest BCUT2D eigenvalue weighted by atomic mass is 10.1. The molecule has 4 nitrogen and oxygen atoms in total. The molecule has 100 valence electrons. The number of phenols is 1. The number of likely N-dealkylation sites (N-methyl/N-ethyl adjacent to an activating group) is 1. The highest BCUT2D eigenvalue weighted by atomic mass is 16.5. The van der Waals surface area contributed by atoms with Crippen molar-refractivity contribution in [3.63, 3.8) is 0 Å². The Labute approximate surface area is 108 Å². The molecule has 0 bridgehead atoms. The van der Waals surface area contributed by atoms with Gasteiger partial charge in [-0.15, -0.1) is 0 Å². The fourth-order valence-corrected chi connectivity index (χ4v) is 1.56. The molecule has 1 N–H and O–H groups in total. The Morgan fingerprint density at radius 2 is 2.11 bits per heavy atom. The van der Waals surface area contributed by atoms with Crippen molar-refractivity contribution in [3.8, 4) is 5.75 Å². The van der Waals surface area contributed by atoms with Crippen LogP contribution in [0.3, 0.4) is 0 Å². The molecule has 0 fully saturated rings. The fourth-order valence-electron chi connectivity index (χ4n) is 1.56. The van der Waals surface area contributed by atoms with Crippen LogP contribution in [-0.2, 0) is 4.74 Å². The predicted octanol–water partition coefficient (Wildman–Crippen LogP) is 2.20. The molecular weight excluding hydrogens is 230 g/mol. The third kappa shape index (κ3) is 3.74. The van der Waals surface area contributed by atoms with Gasteiger partial charge < -0.3 is 14.7 Å². The first-order valence-corrected chi connectivity index (χ1v) is 6.09. The minimum Gasteiger partial charge on any atom is -0.507 e. The summed E-state index contributed by atoms with van der Waals surface area (Å²) in [6.07, 6.45) is 0.154. The van der Waals surface area contributed by atoms with Crippen LogP contribution in [0.1, 0.15) is 29.8 Å². The number of rotatable bonds is 5. The van der Waals surface area contributed by atoms with Crippen LogP contribution in [0.5, 0.6) is 5.75 Å². The molecule has 0 radical (unpaired) electrons. The summed E-state index contributed by atoms with van der Waals surface area (Å²) in [5, 5.41) is 9.85. The Balaban J connectivity index is 2.66. The Hall–Kier alpha value is -1.55. The number of aryl methyl sites for hydroxylation is 1. The average molecular weight is 251 g/mol. The van der Waals surface area contributed by atoms with Gasteiger partial charge in [-0.25, -0.2) is 0 Å². The van der Waals surface area contributed by atoms with Gasteiger partial charge in [0.15, 0.2) is 0 Å². The van der Waals surface area contributed by atoms with Crippen LogP contribution in [0, 0.1) is 6.92 Å². The smallest absolute Gasteiger partial charge is 0.257 e. The third-order valence-corrected chi connectivity index (χ3v) is 2.69. The van der Waals surface area contributed by atoms with E-state index < -0.39 is 0 Å². The molecule has 0 aliphatic rings. The minimum atomic E-state index is -0.191. The molecule has 0 heterocycles. The highest BCUT2D eigenvalue weighted by Crippen LogP contribution is 2.22. The summed E-state index contributed by atoms with van der Waals surface area (Å²) in [4.78, 5) is 13.7. The Bertz CT molecular complexity index is 416. The fraction of sp³-hybridized carbons (Fsp3) is 0.500. The number of hydrogen-bond donors (Lipinski definition) is 1. The van der Waals surface area contributed by atoms with Gasteiger partial charge in [0.1, 0.15) is 5.75 Å². The van der Waals surface area contributed by atoms with Crippen molar-refractivity contribution >= 4 is 5.91 Å². The van der Waals surface area contributed by atoms with Crippen molar-refractivity contribution in [3.05, 3.63) is 29.3 Å². The zero-order valence-corrected chi connectivity index (χ0v) is 11.4. The highest BCUT2D eigenvalue weighted by molar-refractivity contribution is 5.97. The van der Waals surface area contributed by atoms with Crippen LogP contribution in [0.15, 0.2) is 18.2 Å². The number of para-hydroxylation sites is 1. The summed E-state index contributed by atoms with van der Waals surface area (Å²) < 4.78 is 5.40. The third-order valence-electron chi connectivity index (χ3n) is 2.69. The maximum atomic E-state index is 12.1. The van der Waals surface area contributed by atoms with Gasteiger partial charge in [-0.1, -0.05) is 12.1 Å². The van der Waals surface area contributed by atoms with E-state index in [1.165, 1.54) is 0 Å². The van der Waals surface area contributed by atoms with Crippen LogP contribution in [0.4, 0.5) is 0 Å². The summed E-state index contributed by atoms with van der Waals surface area (Å²) >= 11 is 0. The van der Waals surface area contributed by atoms with Crippen molar-refractivity contribution < 1.29 is 14.6 Å². The highest BCUT2D eigenvalue weighted by Gasteiger charge is 2.16. The second kappa shape index (κ2) is 6.40. The van der Waals surface area contributed by atoms with Crippen LogP contribution in [0.2, 0.25) is 0 Å². The second-order valence-electron chi connectivity index (χ2n) is 4.62. The zero-order valence-electron chi connectivity index (χ0n) is 11.4. The van der Waals surface area contributed by atoms with E-state index in [4.69, 9.17) is 4.74 Å². The van der Waals surface area contributed by atoms with Gasteiger partial charge in [-0.2, -0.15) is 0 Å². The average Bonchev–Trinajstić information content (AvgIpc) is 2.31. The first kappa shape index (κ1) is 14.5. The van der Waals surface area contributed by atoms with Gasteiger partial charge in [0.2, 0.25) is 0 Å². The molecule has 4 heteroatoms. The van der Waals surface area contributed by atoms with E-state index in [-0.39, 0.29) is 17.8 Å². The van der Waals surface area contributed by atoms with E-state index >= 15 is 0 Å². The van der Waals surface area contributed by atoms with Crippen LogP contribution < -0.4 is 0 Å². The summed E-state index contributed by atoms with van der Waals surface area (Å²) in [5.41, 5.74) is 1.04. The molecular formula is C14H21NO3. The monoisotopic (exact) mass is 251 g/mol. The lowest BCUT2D eigenvalue weighted by molar-refractivity contribution is 0.0530. The zero-order chi connectivity index (χ0) is 13.7. The molecule has 18 heavy (non-hydrogen) atoms. The SMILES string of the molecule is Cc1cccc(C(=O)N(C)CCOC(C)C)c1O. The number of ether oxygens (including phenoxy) is 1. The maximum absolute atomic E-state index is 12.1. The molecule has 0 aliphatic heterocycles. The molecule has 0 spiro atoms. The van der Waals surface area contributed by atoms with Gasteiger partial charge in [0, 0.05) is 13.6 Å². The topological polar surface area (TPSA) is 49.8 Å². The van der Waals surface area contributed by atoms with Gasteiger partial charge in [-0.3, -0.25) is 4.79 Å². The number of hydrogen-bond acceptors (Lipinski definition) is 3. The lowest BCUT2D eigenvalue weighted by Gasteiger charge is -2.19. The minimum absolute atomic E-state index is 0.0547. The van der Waals surface area contributed by atoms with Crippen molar-refractivity contribution in [2.45, 2.75) is 26.9 Å². The van der Waals surface area contributed by atoms with Gasteiger partial charge in [0.25, 0.3) is 5.91 Å². The van der Waals surface area contributed by atoms with Crippen molar-refractivity contribution in [2.75, 3.05) is 20.2 Å². The number of benzene rings is 1. The van der Waals surface area contributed by atoms with Crippen molar-refractivity contribution in [2.24, 2.45) is 0 Å². The number of phenolic OH excluding ortho intramolecular Hbond substituents is 1. The first-order valence-electron chi connectivity index (χ1n) is 6.09. The molecule has 0 unspecified atom stereocenters. The Morgan fingerprint density at radius 1 is 1.44 bits per heavy atom. The number of carbonyl (C=O) groups is 1. The Kier molecular flexibility index (Phi) is 5.16. The molecule has 1 rings (SSSR count).